The Kier molecular flexibility index (Phi) is 5.41. The Bertz CT molecular complexity index is 458. The number of anilines is 1. The van der Waals surface area contributed by atoms with E-state index in [0.717, 1.165) is 19.4 Å². The highest BCUT2D eigenvalue weighted by atomic mass is 16.5. The van der Waals surface area contributed by atoms with Crippen LogP contribution in [0.2, 0.25) is 0 Å². The summed E-state index contributed by atoms with van der Waals surface area (Å²) in [5, 5.41) is 6.37. The Morgan fingerprint density at radius 1 is 1.45 bits per heavy atom. The minimum atomic E-state index is -0.0449. The maximum atomic E-state index is 11.6. The molecule has 1 heterocycles. The van der Waals surface area contributed by atoms with Gasteiger partial charge in [-0.05, 0) is 44.2 Å². The second-order valence-electron chi connectivity index (χ2n) is 5.44. The molecule has 1 aromatic carbocycles. The summed E-state index contributed by atoms with van der Waals surface area (Å²) in [5.41, 5.74) is 3.95. The second kappa shape index (κ2) is 7.29. The molecule has 20 heavy (non-hydrogen) atoms. The van der Waals surface area contributed by atoms with Crippen LogP contribution in [-0.4, -0.2) is 31.7 Å². The number of carbonyl (C=O) groups is 1. The average Bonchev–Trinajstić information content (AvgIpc) is 2.45. The zero-order valence-corrected chi connectivity index (χ0v) is 12.4. The van der Waals surface area contributed by atoms with Crippen molar-refractivity contribution in [3.63, 3.8) is 0 Å². The van der Waals surface area contributed by atoms with E-state index >= 15 is 0 Å². The van der Waals surface area contributed by atoms with E-state index in [4.69, 9.17) is 4.74 Å². The quantitative estimate of drug-likeness (QED) is 0.837. The first-order valence-corrected chi connectivity index (χ1v) is 7.39. The fraction of sp³-hybridized carbons (Fsp3) is 0.562. The van der Waals surface area contributed by atoms with Gasteiger partial charge in [-0.3, -0.25) is 4.79 Å². The predicted molar refractivity (Wildman–Crippen MR) is 81.1 cm³/mol. The van der Waals surface area contributed by atoms with Gasteiger partial charge in [-0.1, -0.05) is 18.2 Å². The van der Waals surface area contributed by atoms with Crippen LogP contribution in [0, 0.1) is 0 Å². The monoisotopic (exact) mass is 276 g/mol. The van der Waals surface area contributed by atoms with Gasteiger partial charge in [0.25, 0.3) is 0 Å². The minimum Gasteiger partial charge on any atom is -0.385 e. The van der Waals surface area contributed by atoms with Crippen LogP contribution >= 0.6 is 0 Å². The molecule has 0 atom stereocenters. The molecule has 1 amide bonds. The van der Waals surface area contributed by atoms with Gasteiger partial charge in [0.2, 0.25) is 5.91 Å². The molecule has 0 aromatic heterocycles. The third-order valence-electron chi connectivity index (χ3n) is 3.43. The first-order chi connectivity index (χ1) is 9.66. The summed E-state index contributed by atoms with van der Waals surface area (Å²) in [5.74, 6) is -0.0449. The van der Waals surface area contributed by atoms with Crippen molar-refractivity contribution in [1.29, 1.82) is 0 Å². The number of amides is 1. The van der Waals surface area contributed by atoms with Gasteiger partial charge in [0.1, 0.15) is 6.61 Å². The lowest BCUT2D eigenvalue weighted by atomic mass is 9.98. The normalized spacial score (nSPS) is 13.8. The van der Waals surface area contributed by atoms with Gasteiger partial charge >= 0.3 is 0 Å². The number of para-hydroxylation sites is 1. The van der Waals surface area contributed by atoms with E-state index in [-0.39, 0.29) is 18.6 Å². The first kappa shape index (κ1) is 14.9. The molecule has 0 spiro atoms. The summed E-state index contributed by atoms with van der Waals surface area (Å²) < 4.78 is 5.27. The van der Waals surface area contributed by atoms with E-state index in [2.05, 4.69) is 28.8 Å². The molecular formula is C16H24N2O2. The summed E-state index contributed by atoms with van der Waals surface area (Å²) in [6.07, 6.45) is 3.28. The first-order valence-electron chi connectivity index (χ1n) is 7.39. The van der Waals surface area contributed by atoms with Crippen LogP contribution in [0.1, 0.15) is 31.4 Å². The van der Waals surface area contributed by atoms with Crippen molar-refractivity contribution in [2.24, 2.45) is 0 Å². The van der Waals surface area contributed by atoms with Crippen LogP contribution in [0.4, 0.5) is 5.69 Å². The summed E-state index contributed by atoms with van der Waals surface area (Å²) in [4.78, 5) is 11.6. The maximum Gasteiger partial charge on any atom is 0.246 e. The number of nitrogens with one attached hydrogen (secondary N) is 2. The highest BCUT2D eigenvalue weighted by Gasteiger charge is 2.12. The summed E-state index contributed by atoms with van der Waals surface area (Å²) in [6, 6.07) is 6.42. The fourth-order valence-electron chi connectivity index (χ4n) is 2.42. The fourth-order valence-corrected chi connectivity index (χ4v) is 2.42. The molecule has 110 valence electrons. The van der Waals surface area contributed by atoms with Crippen LogP contribution in [-0.2, 0) is 22.4 Å². The van der Waals surface area contributed by atoms with Crippen LogP contribution < -0.4 is 10.6 Å². The molecule has 4 nitrogen and oxygen atoms in total. The van der Waals surface area contributed by atoms with Crippen molar-refractivity contribution in [2.75, 3.05) is 25.0 Å². The van der Waals surface area contributed by atoms with Crippen LogP contribution in [0.15, 0.2) is 18.2 Å². The highest BCUT2D eigenvalue weighted by Crippen LogP contribution is 2.26. The van der Waals surface area contributed by atoms with Gasteiger partial charge in [-0.2, -0.15) is 0 Å². The molecule has 2 rings (SSSR count). The Labute approximate surface area is 120 Å². The number of aryl methyl sites for hydroxylation is 1. The van der Waals surface area contributed by atoms with Crippen molar-refractivity contribution in [3.8, 4) is 0 Å². The van der Waals surface area contributed by atoms with Gasteiger partial charge in [0.05, 0.1) is 6.10 Å². The van der Waals surface area contributed by atoms with Crippen LogP contribution in [0.25, 0.3) is 0 Å². The van der Waals surface area contributed by atoms with E-state index in [1.54, 1.807) is 0 Å². The number of hydrogen-bond donors (Lipinski definition) is 2. The lowest BCUT2D eigenvalue weighted by Gasteiger charge is -2.21. The van der Waals surface area contributed by atoms with Gasteiger partial charge in [-0.15, -0.1) is 0 Å². The van der Waals surface area contributed by atoms with E-state index in [9.17, 15) is 4.79 Å². The molecule has 2 N–H and O–H groups in total. The highest BCUT2D eigenvalue weighted by molar-refractivity contribution is 5.77. The van der Waals surface area contributed by atoms with Crippen LogP contribution in [0.5, 0.6) is 0 Å². The van der Waals surface area contributed by atoms with E-state index < -0.39 is 0 Å². The van der Waals surface area contributed by atoms with Crippen molar-refractivity contribution in [1.82, 2.24) is 5.32 Å². The van der Waals surface area contributed by atoms with Crippen molar-refractivity contribution >= 4 is 11.6 Å². The third-order valence-corrected chi connectivity index (χ3v) is 3.43. The van der Waals surface area contributed by atoms with E-state index in [0.29, 0.717) is 6.54 Å². The van der Waals surface area contributed by atoms with Crippen molar-refractivity contribution in [3.05, 3.63) is 29.3 Å². The second-order valence-corrected chi connectivity index (χ2v) is 5.44. The topological polar surface area (TPSA) is 50.4 Å². The third kappa shape index (κ3) is 4.23. The number of rotatable bonds is 6. The molecule has 4 heteroatoms. The minimum absolute atomic E-state index is 0.0449. The average molecular weight is 276 g/mol. The molecule has 0 saturated heterocycles. The Morgan fingerprint density at radius 2 is 2.30 bits per heavy atom. The van der Waals surface area contributed by atoms with E-state index in [1.807, 2.05) is 13.8 Å². The molecule has 0 fully saturated rings. The SMILES string of the molecule is CC(C)OCC(=O)NCCc1cccc2c1NCCC2. The molecule has 1 aliphatic heterocycles. The molecule has 0 saturated carbocycles. The number of hydrogen-bond acceptors (Lipinski definition) is 3. The van der Waals surface area contributed by atoms with Gasteiger partial charge in [-0.25, -0.2) is 0 Å². The van der Waals surface area contributed by atoms with Crippen molar-refractivity contribution < 1.29 is 9.53 Å². The molecular weight excluding hydrogens is 252 g/mol. The molecule has 0 bridgehead atoms. The van der Waals surface area contributed by atoms with Gasteiger partial charge in [0.15, 0.2) is 0 Å². The van der Waals surface area contributed by atoms with Crippen LogP contribution in [0.3, 0.4) is 0 Å². The Balaban J connectivity index is 1.81. The predicted octanol–water partition coefficient (Wildman–Crippen LogP) is 2.13. The molecule has 1 aliphatic rings. The zero-order valence-electron chi connectivity index (χ0n) is 12.4. The summed E-state index contributed by atoms with van der Waals surface area (Å²) >= 11 is 0. The standard InChI is InChI=1S/C16H24N2O2/c1-12(2)20-11-15(19)17-10-8-14-6-3-5-13-7-4-9-18-16(13)14/h3,5-6,12,18H,4,7-11H2,1-2H3,(H,17,19). The molecule has 0 aliphatic carbocycles. The lowest BCUT2D eigenvalue weighted by molar-refractivity contribution is -0.127. The Hall–Kier alpha value is -1.55. The number of fused-ring (bicyclic) bond motifs is 1. The molecule has 1 aromatic rings. The van der Waals surface area contributed by atoms with Gasteiger partial charge in [0, 0.05) is 18.8 Å². The zero-order chi connectivity index (χ0) is 14.4. The lowest BCUT2D eigenvalue weighted by Crippen LogP contribution is -2.30. The summed E-state index contributed by atoms with van der Waals surface area (Å²) in [7, 11) is 0. The number of benzene rings is 1. The summed E-state index contributed by atoms with van der Waals surface area (Å²) in [6.45, 7) is 5.68. The van der Waals surface area contributed by atoms with Gasteiger partial charge < -0.3 is 15.4 Å². The Morgan fingerprint density at radius 3 is 3.10 bits per heavy atom. The van der Waals surface area contributed by atoms with Crippen molar-refractivity contribution in [2.45, 2.75) is 39.2 Å². The largest absolute Gasteiger partial charge is 0.385 e. The maximum absolute atomic E-state index is 11.6. The smallest absolute Gasteiger partial charge is 0.246 e. The molecule has 0 unspecified atom stereocenters. The number of ether oxygens (including phenoxy) is 1. The number of carbonyl (C=O) groups excluding carboxylic acids is 1. The molecule has 0 radical (unpaired) electrons. The van der Waals surface area contributed by atoms with E-state index in [1.165, 1.54) is 23.2 Å².